The van der Waals surface area contributed by atoms with Crippen LogP contribution in [0.3, 0.4) is 0 Å². The maximum absolute atomic E-state index is 11.7. The molecule has 0 atom stereocenters. The highest BCUT2D eigenvalue weighted by atomic mass is 16.6. The second-order valence-electron chi connectivity index (χ2n) is 5.62. The number of alkyl carbamates (subject to hydrolysis) is 1. The van der Waals surface area contributed by atoms with E-state index in [0.717, 1.165) is 13.1 Å². The first-order valence-electron chi connectivity index (χ1n) is 5.87. The zero-order valence-electron chi connectivity index (χ0n) is 11.0. The number of nitrogens with one attached hydrogen (secondary N) is 1. The third-order valence-corrected chi connectivity index (χ3v) is 2.79. The first-order valence-corrected chi connectivity index (χ1v) is 5.87. The molecule has 1 amide bonds. The number of hydrogen-bond donors (Lipinski definition) is 1. The third kappa shape index (κ3) is 4.23. The van der Waals surface area contributed by atoms with Crippen molar-refractivity contribution in [3.8, 4) is 6.07 Å². The Hall–Kier alpha value is -1.28. The van der Waals surface area contributed by atoms with Crippen LogP contribution in [-0.4, -0.2) is 42.3 Å². The van der Waals surface area contributed by atoms with Crippen molar-refractivity contribution in [1.82, 2.24) is 10.2 Å². The largest absolute Gasteiger partial charge is 0.444 e. The summed E-state index contributed by atoms with van der Waals surface area (Å²) in [7, 11) is 2.01. The van der Waals surface area contributed by atoms with Gasteiger partial charge in [0.25, 0.3) is 0 Å². The maximum Gasteiger partial charge on any atom is 0.408 e. The van der Waals surface area contributed by atoms with Gasteiger partial charge in [0, 0.05) is 13.1 Å². The van der Waals surface area contributed by atoms with E-state index in [1.807, 2.05) is 7.05 Å². The molecule has 5 nitrogen and oxygen atoms in total. The molecule has 0 aromatic heterocycles. The molecule has 17 heavy (non-hydrogen) atoms. The van der Waals surface area contributed by atoms with E-state index in [1.165, 1.54) is 0 Å². The fourth-order valence-electron chi connectivity index (χ4n) is 1.76. The van der Waals surface area contributed by atoms with E-state index in [2.05, 4.69) is 16.3 Å². The van der Waals surface area contributed by atoms with Gasteiger partial charge in [-0.15, -0.1) is 0 Å². The summed E-state index contributed by atoms with van der Waals surface area (Å²) in [5, 5.41) is 11.9. The molecule has 0 radical (unpaired) electrons. The van der Waals surface area contributed by atoms with Crippen LogP contribution in [0.1, 0.15) is 33.6 Å². The Labute approximate surface area is 103 Å². The minimum atomic E-state index is -0.769. The Kier molecular flexibility index (Phi) is 3.99. The number of piperidine rings is 1. The zero-order chi connectivity index (χ0) is 13.1. The SMILES string of the molecule is CN1CCC(C#N)(NC(=O)OC(C)(C)C)CC1. The topological polar surface area (TPSA) is 65.4 Å². The summed E-state index contributed by atoms with van der Waals surface area (Å²) in [5.41, 5.74) is -1.30. The molecule has 0 aromatic carbocycles. The van der Waals surface area contributed by atoms with E-state index in [-0.39, 0.29) is 0 Å². The number of ether oxygens (including phenoxy) is 1. The molecule has 1 rings (SSSR count). The summed E-state index contributed by atoms with van der Waals surface area (Å²) in [6.07, 6.45) is 0.766. The van der Waals surface area contributed by atoms with Crippen molar-refractivity contribution in [2.75, 3.05) is 20.1 Å². The van der Waals surface area contributed by atoms with Crippen LogP contribution in [0.25, 0.3) is 0 Å². The predicted molar refractivity (Wildman–Crippen MR) is 64.4 cm³/mol. The Morgan fingerprint density at radius 2 is 1.94 bits per heavy atom. The van der Waals surface area contributed by atoms with Crippen LogP contribution in [0, 0.1) is 11.3 Å². The first kappa shape index (κ1) is 13.8. The summed E-state index contributed by atoms with van der Waals surface area (Å²) in [6.45, 7) is 7.04. The number of carbonyl (C=O) groups is 1. The quantitative estimate of drug-likeness (QED) is 0.753. The van der Waals surface area contributed by atoms with Gasteiger partial charge in [0.05, 0.1) is 6.07 Å². The van der Waals surface area contributed by atoms with Crippen LogP contribution in [0.2, 0.25) is 0 Å². The van der Waals surface area contributed by atoms with Crippen LogP contribution in [0.5, 0.6) is 0 Å². The lowest BCUT2D eigenvalue weighted by Crippen LogP contribution is -2.54. The molecule has 0 aliphatic carbocycles. The van der Waals surface area contributed by atoms with E-state index < -0.39 is 17.2 Å². The fourth-order valence-corrected chi connectivity index (χ4v) is 1.76. The Morgan fingerprint density at radius 1 is 1.41 bits per heavy atom. The molecule has 1 fully saturated rings. The van der Waals surface area contributed by atoms with Crippen LogP contribution in [0.15, 0.2) is 0 Å². The first-order chi connectivity index (χ1) is 7.76. The number of nitrogens with zero attached hydrogens (tertiary/aromatic N) is 2. The van der Waals surface area contributed by atoms with Gasteiger partial charge in [-0.05, 0) is 40.7 Å². The number of nitriles is 1. The van der Waals surface area contributed by atoms with Gasteiger partial charge in [-0.25, -0.2) is 4.79 Å². The highest BCUT2D eigenvalue weighted by molar-refractivity contribution is 5.69. The van der Waals surface area contributed by atoms with Crippen molar-refractivity contribution in [3.63, 3.8) is 0 Å². The van der Waals surface area contributed by atoms with Gasteiger partial charge in [-0.3, -0.25) is 0 Å². The molecule has 0 spiro atoms. The molecule has 0 bridgehead atoms. The van der Waals surface area contributed by atoms with Crippen LogP contribution in [-0.2, 0) is 4.74 Å². The van der Waals surface area contributed by atoms with Gasteiger partial charge < -0.3 is 15.0 Å². The van der Waals surface area contributed by atoms with E-state index >= 15 is 0 Å². The molecular weight excluding hydrogens is 218 g/mol. The van der Waals surface area contributed by atoms with Crippen molar-refractivity contribution in [2.24, 2.45) is 0 Å². The van der Waals surface area contributed by atoms with E-state index in [0.29, 0.717) is 12.8 Å². The van der Waals surface area contributed by atoms with Crippen LogP contribution in [0.4, 0.5) is 4.79 Å². The molecule has 1 aliphatic rings. The minimum Gasteiger partial charge on any atom is -0.444 e. The van der Waals surface area contributed by atoms with Crippen molar-refractivity contribution in [3.05, 3.63) is 0 Å². The summed E-state index contributed by atoms with van der Waals surface area (Å²) >= 11 is 0. The summed E-state index contributed by atoms with van der Waals surface area (Å²) < 4.78 is 5.18. The third-order valence-electron chi connectivity index (χ3n) is 2.79. The number of amides is 1. The van der Waals surface area contributed by atoms with Gasteiger partial charge in [0.2, 0.25) is 0 Å². The van der Waals surface area contributed by atoms with Gasteiger partial charge in [0.1, 0.15) is 11.1 Å². The molecule has 96 valence electrons. The predicted octanol–water partition coefficient (Wildman–Crippen LogP) is 1.50. The Balaban J connectivity index is 2.59. The van der Waals surface area contributed by atoms with Gasteiger partial charge in [0.15, 0.2) is 0 Å². The highest BCUT2D eigenvalue weighted by Gasteiger charge is 2.36. The van der Waals surface area contributed by atoms with E-state index in [4.69, 9.17) is 4.74 Å². The molecule has 0 aromatic rings. The lowest BCUT2D eigenvalue weighted by molar-refractivity contribution is 0.0445. The summed E-state index contributed by atoms with van der Waals surface area (Å²) in [6, 6.07) is 2.22. The molecule has 0 unspecified atom stereocenters. The number of rotatable bonds is 1. The van der Waals surface area contributed by atoms with Crippen molar-refractivity contribution < 1.29 is 9.53 Å². The molecule has 5 heteroatoms. The second-order valence-corrected chi connectivity index (χ2v) is 5.62. The molecule has 1 saturated heterocycles. The minimum absolute atomic E-state index is 0.511. The van der Waals surface area contributed by atoms with Crippen molar-refractivity contribution in [2.45, 2.75) is 44.8 Å². The van der Waals surface area contributed by atoms with Gasteiger partial charge >= 0.3 is 6.09 Å². The number of carbonyl (C=O) groups excluding carboxylic acids is 1. The van der Waals surface area contributed by atoms with Gasteiger partial charge in [-0.2, -0.15) is 5.26 Å². The zero-order valence-corrected chi connectivity index (χ0v) is 11.0. The van der Waals surface area contributed by atoms with E-state index in [9.17, 15) is 10.1 Å². The molecule has 1 aliphatic heterocycles. The molecule has 0 saturated carbocycles. The lowest BCUT2D eigenvalue weighted by Gasteiger charge is -2.36. The molecule has 1 heterocycles. The Morgan fingerprint density at radius 3 is 2.35 bits per heavy atom. The lowest BCUT2D eigenvalue weighted by atomic mass is 9.89. The van der Waals surface area contributed by atoms with Crippen molar-refractivity contribution >= 4 is 6.09 Å². The molecule has 1 N–H and O–H groups in total. The average molecular weight is 239 g/mol. The number of likely N-dealkylation sites (tertiary alicyclic amines) is 1. The van der Waals surface area contributed by atoms with Gasteiger partial charge in [-0.1, -0.05) is 0 Å². The van der Waals surface area contributed by atoms with Crippen molar-refractivity contribution in [1.29, 1.82) is 5.26 Å². The Bertz CT molecular complexity index is 320. The van der Waals surface area contributed by atoms with Crippen LogP contribution >= 0.6 is 0 Å². The fraction of sp³-hybridized carbons (Fsp3) is 0.833. The van der Waals surface area contributed by atoms with Crippen LogP contribution < -0.4 is 5.32 Å². The smallest absolute Gasteiger partial charge is 0.408 e. The standard InChI is InChI=1S/C12H21N3O2/c1-11(2,3)17-10(16)14-12(9-13)5-7-15(4)8-6-12/h5-8H2,1-4H3,(H,14,16). The maximum atomic E-state index is 11.7. The highest BCUT2D eigenvalue weighted by Crippen LogP contribution is 2.21. The monoisotopic (exact) mass is 239 g/mol. The summed E-state index contributed by atoms with van der Waals surface area (Å²) in [4.78, 5) is 13.8. The molecular formula is C12H21N3O2. The normalized spacial score (nSPS) is 20.4. The number of hydrogen-bond acceptors (Lipinski definition) is 4. The second kappa shape index (κ2) is 4.92. The van der Waals surface area contributed by atoms with E-state index in [1.54, 1.807) is 20.8 Å². The summed E-state index contributed by atoms with van der Waals surface area (Å²) in [5.74, 6) is 0. The average Bonchev–Trinajstić information content (AvgIpc) is 2.19.